The van der Waals surface area contributed by atoms with Crippen LogP contribution in [-0.2, 0) is 6.54 Å². The lowest BCUT2D eigenvalue weighted by molar-refractivity contribution is 0.380. The Morgan fingerprint density at radius 3 is 3.00 bits per heavy atom. The van der Waals surface area contributed by atoms with Crippen LogP contribution in [0.5, 0.6) is 5.75 Å². The number of methoxy groups -OCH3 is 1. The van der Waals surface area contributed by atoms with Crippen molar-refractivity contribution in [3.63, 3.8) is 0 Å². The van der Waals surface area contributed by atoms with Gasteiger partial charge in [0.1, 0.15) is 5.75 Å². The molecule has 0 saturated carbocycles. The highest BCUT2D eigenvalue weighted by Gasteiger charge is 2.27. The van der Waals surface area contributed by atoms with E-state index >= 15 is 0 Å². The topological polar surface area (TPSA) is 46.2 Å². The summed E-state index contributed by atoms with van der Waals surface area (Å²) in [5.74, 6) is 0.879. The Morgan fingerprint density at radius 2 is 2.35 bits per heavy atom. The van der Waals surface area contributed by atoms with Crippen LogP contribution in [0.4, 0.5) is 0 Å². The third kappa shape index (κ3) is 3.17. The Bertz CT molecular complexity index is 386. The zero-order chi connectivity index (χ0) is 12.3. The Hall–Kier alpha value is -1.13. The second-order valence-corrected chi connectivity index (χ2v) is 4.98. The number of nitrogens with zero attached hydrogens (tertiary/aromatic N) is 1. The molecule has 1 aromatic rings. The van der Waals surface area contributed by atoms with E-state index in [0.29, 0.717) is 0 Å². The molecular formula is C13H21N3O. The van der Waals surface area contributed by atoms with E-state index in [1.54, 1.807) is 7.11 Å². The van der Waals surface area contributed by atoms with Crippen molar-refractivity contribution in [2.24, 2.45) is 0 Å². The predicted molar refractivity (Wildman–Crippen MR) is 68.3 cm³/mol. The molecule has 94 valence electrons. The van der Waals surface area contributed by atoms with E-state index in [1.165, 1.54) is 0 Å². The van der Waals surface area contributed by atoms with Crippen LogP contribution >= 0.6 is 0 Å². The van der Waals surface area contributed by atoms with Gasteiger partial charge in [-0.15, -0.1) is 0 Å². The number of aromatic nitrogens is 1. The van der Waals surface area contributed by atoms with E-state index in [0.717, 1.165) is 43.2 Å². The maximum Gasteiger partial charge on any atom is 0.122 e. The van der Waals surface area contributed by atoms with E-state index in [4.69, 9.17) is 4.74 Å². The van der Waals surface area contributed by atoms with E-state index < -0.39 is 0 Å². The molecule has 0 aromatic carbocycles. The maximum atomic E-state index is 5.25. The zero-order valence-electron chi connectivity index (χ0n) is 10.8. The summed E-state index contributed by atoms with van der Waals surface area (Å²) < 4.78 is 5.25. The zero-order valence-corrected chi connectivity index (χ0v) is 10.8. The summed E-state index contributed by atoms with van der Waals surface area (Å²) in [5.41, 5.74) is 2.23. The van der Waals surface area contributed by atoms with E-state index in [9.17, 15) is 0 Å². The molecule has 0 aliphatic carbocycles. The van der Waals surface area contributed by atoms with Crippen molar-refractivity contribution in [1.82, 2.24) is 15.6 Å². The molecule has 17 heavy (non-hydrogen) atoms. The number of aryl methyl sites for hydroxylation is 1. The highest BCUT2D eigenvalue weighted by atomic mass is 16.5. The summed E-state index contributed by atoms with van der Waals surface area (Å²) >= 11 is 0. The lowest BCUT2D eigenvalue weighted by Gasteiger charge is -2.24. The molecule has 0 amide bonds. The van der Waals surface area contributed by atoms with Crippen molar-refractivity contribution in [1.29, 1.82) is 0 Å². The van der Waals surface area contributed by atoms with Gasteiger partial charge in [0.05, 0.1) is 12.8 Å². The number of ether oxygens (including phenoxy) is 1. The predicted octanol–water partition coefficient (Wildman–Crippen LogP) is 1.24. The van der Waals surface area contributed by atoms with Gasteiger partial charge in [-0.25, -0.2) is 0 Å². The smallest absolute Gasteiger partial charge is 0.122 e. The summed E-state index contributed by atoms with van der Waals surface area (Å²) in [5, 5.41) is 6.95. The van der Waals surface area contributed by atoms with Crippen LogP contribution in [0.25, 0.3) is 0 Å². The van der Waals surface area contributed by atoms with Gasteiger partial charge in [-0.05, 0) is 26.8 Å². The summed E-state index contributed by atoms with van der Waals surface area (Å²) in [7, 11) is 1.69. The molecule has 1 fully saturated rings. The number of hydrogen-bond donors (Lipinski definition) is 2. The number of nitrogens with one attached hydrogen (secondary N) is 2. The molecule has 0 bridgehead atoms. The minimum Gasteiger partial charge on any atom is -0.497 e. The molecule has 1 aliphatic heterocycles. The van der Waals surface area contributed by atoms with Crippen LogP contribution in [0.2, 0.25) is 0 Å². The molecule has 1 unspecified atom stereocenters. The molecule has 1 aliphatic rings. The van der Waals surface area contributed by atoms with Gasteiger partial charge in [0, 0.05) is 36.5 Å². The van der Waals surface area contributed by atoms with Crippen molar-refractivity contribution in [2.45, 2.75) is 32.4 Å². The summed E-state index contributed by atoms with van der Waals surface area (Å²) in [6.07, 6.45) is 1.16. The molecule has 4 nitrogen and oxygen atoms in total. The van der Waals surface area contributed by atoms with E-state index in [-0.39, 0.29) is 5.54 Å². The first-order chi connectivity index (χ1) is 8.11. The Balaban J connectivity index is 2.00. The molecule has 0 spiro atoms. The molecule has 2 N–H and O–H groups in total. The summed E-state index contributed by atoms with van der Waals surface area (Å²) in [4.78, 5) is 4.51. The second-order valence-electron chi connectivity index (χ2n) is 4.98. The first-order valence-electron chi connectivity index (χ1n) is 6.09. The largest absolute Gasteiger partial charge is 0.497 e. The molecule has 1 atom stereocenters. The number of pyridine rings is 1. The van der Waals surface area contributed by atoms with E-state index in [1.807, 2.05) is 19.1 Å². The maximum absolute atomic E-state index is 5.25. The van der Waals surface area contributed by atoms with E-state index in [2.05, 4.69) is 22.5 Å². The average molecular weight is 235 g/mol. The Labute approximate surface area is 103 Å². The van der Waals surface area contributed by atoms with Gasteiger partial charge in [0.2, 0.25) is 0 Å². The third-order valence-electron chi connectivity index (χ3n) is 3.28. The standard InChI is InChI=1S/C13H21N3O/c1-10-6-12(17-3)7-11(16-10)8-15-13(2)4-5-14-9-13/h6-7,14-15H,4-5,8-9H2,1-3H3. The molecule has 2 rings (SSSR count). The monoisotopic (exact) mass is 235 g/mol. The van der Waals surface area contributed by atoms with Crippen molar-refractivity contribution >= 4 is 0 Å². The molecule has 0 radical (unpaired) electrons. The van der Waals surface area contributed by atoms with Gasteiger partial charge in [-0.2, -0.15) is 0 Å². The molecule has 1 aromatic heterocycles. The molecule has 4 heteroatoms. The SMILES string of the molecule is COc1cc(C)nc(CNC2(C)CCNC2)c1. The lowest BCUT2D eigenvalue weighted by atomic mass is 10.0. The van der Waals surface area contributed by atoms with Crippen LogP contribution in [0.15, 0.2) is 12.1 Å². The highest BCUT2D eigenvalue weighted by Crippen LogP contribution is 2.16. The fourth-order valence-corrected chi connectivity index (χ4v) is 2.18. The van der Waals surface area contributed by atoms with Crippen molar-refractivity contribution in [3.8, 4) is 5.75 Å². The lowest BCUT2D eigenvalue weighted by Crippen LogP contribution is -2.43. The quantitative estimate of drug-likeness (QED) is 0.824. The summed E-state index contributed by atoms with van der Waals surface area (Å²) in [6, 6.07) is 3.94. The minimum atomic E-state index is 0.193. The fraction of sp³-hybridized carbons (Fsp3) is 0.615. The molecular weight excluding hydrogens is 214 g/mol. The number of rotatable bonds is 4. The van der Waals surface area contributed by atoms with Gasteiger partial charge < -0.3 is 15.4 Å². The molecule has 1 saturated heterocycles. The number of hydrogen-bond acceptors (Lipinski definition) is 4. The first kappa shape index (κ1) is 12.3. The van der Waals surface area contributed by atoms with Gasteiger partial charge in [0.15, 0.2) is 0 Å². The average Bonchev–Trinajstić information content (AvgIpc) is 2.73. The van der Waals surface area contributed by atoms with Crippen LogP contribution in [-0.4, -0.2) is 30.7 Å². The van der Waals surface area contributed by atoms with Crippen molar-refractivity contribution < 1.29 is 4.74 Å². The van der Waals surface area contributed by atoms with Gasteiger partial charge in [-0.3, -0.25) is 4.98 Å². The van der Waals surface area contributed by atoms with Gasteiger partial charge in [0.25, 0.3) is 0 Å². The molecule has 2 heterocycles. The van der Waals surface area contributed by atoms with Crippen LogP contribution in [0, 0.1) is 6.92 Å². The minimum absolute atomic E-state index is 0.193. The highest BCUT2D eigenvalue weighted by molar-refractivity contribution is 5.26. The second kappa shape index (κ2) is 5.02. The third-order valence-corrected chi connectivity index (χ3v) is 3.28. The Morgan fingerprint density at radius 1 is 1.53 bits per heavy atom. The van der Waals surface area contributed by atoms with Gasteiger partial charge >= 0.3 is 0 Å². The van der Waals surface area contributed by atoms with Crippen molar-refractivity contribution in [2.75, 3.05) is 20.2 Å². The Kier molecular flexibility index (Phi) is 3.64. The normalized spacial score (nSPS) is 23.9. The van der Waals surface area contributed by atoms with Crippen LogP contribution < -0.4 is 15.4 Å². The first-order valence-corrected chi connectivity index (χ1v) is 6.09. The van der Waals surface area contributed by atoms with Gasteiger partial charge in [-0.1, -0.05) is 0 Å². The van der Waals surface area contributed by atoms with Crippen LogP contribution in [0.3, 0.4) is 0 Å². The summed E-state index contributed by atoms with van der Waals surface area (Å²) in [6.45, 7) is 7.14. The fourth-order valence-electron chi connectivity index (χ4n) is 2.18. The van der Waals surface area contributed by atoms with Crippen LogP contribution in [0.1, 0.15) is 24.7 Å². The van der Waals surface area contributed by atoms with Crippen molar-refractivity contribution in [3.05, 3.63) is 23.5 Å².